The lowest BCUT2D eigenvalue weighted by molar-refractivity contribution is -0.153. The molecule has 34 heavy (non-hydrogen) atoms. The Labute approximate surface area is 196 Å². The molecule has 2 atom stereocenters. The van der Waals surface area contributed by atoms with Crippen molar-refractivity contribution in [2.24, 2.45) is 0 Å². The fourth-order valence-corrected chi connectivity index (χ4v) is 3.68. The van der Waals surface area contributed by atoms with Crippen molar-refractivity contribution in [3.8, 4) is 11.1 Å². The molecule has 2 heterocycles. The minimum absolute atomic E-state index is 0.00625. The molecule has 174 valence electrons. The summed E-state index contributed by atoms with van der Waals surface area (Å²) in [6, 6.07) is 19.1. The number of nitrogens with one attached hydrogen (secondary N) is 2. The van der Waals surface area contributed by atoms with Crippen LogP contribution in [0.5, 0.6) is 0 Å². The Kier molecular flexibility index (Phi) is 7.24. The lowest BCUT2D eigenvalue weighted by Crippen LogP contribution is -2.41. The van der Waals surface area contributed by atoms with Crippen molar-refractivity contribution in [1.82, 2.24) is 25.7 Å². The maximum Gasteiger partial charge on any atom is 0.335 e. The number of aliphatic hydroxyl groups excluding tert-OH is 1. The molecule has 2 aromatic carbocycles. The molecule has 0 radical (unpaired) electrons. The van der Waals surface area contributed by atoms with Gasteiger partial charge in [-0.2, -0.15) is 0 Å². The maximum absolute atomic E-state index is 12.9. The Bertz CT molecular complexity index is 1260. The number of H-pyrrole nitrogens is 1. The Balaban J connectivity index is 1.51. The smallest absolute Gasteiger partial charge is 0.335 e. The van der Waals surface area contributed by atoms with Crippen molar-refractivity contribution >= 4 is 23.0 Å². The number of ether oxygens (including phenoxy) is 1. The molecule has 0 bridgehead atoms. The molecule has 9 heteroatoms. The summed E-state index contributed by atoms with van der Waals surface area (Å²) in [4.78, 5) is 29.0. The summed E-state index contributed by atoms with van der Waals surface area (Å²) in [6.07, 6.45) is 0.477. The third kappa shape index (κ3) is 5.62. The van der Waals surface area contributed by atoms with Crippen molar-refractivity contribution < 1.29 is 19.4 Å². The number of aromatic amines is 1. The highest BCUT2D eigenvalue weighted by Crippen LogP contribution is 2.20. The zero-order valence-electron chi connectivity index (χ0n) is 18.6. The first-order valence-electron chi connectivity index (χ1n) is 11.0. The Morgan fingerprint density at radius 2 is 1.82 bits per heavy atom. The highest BCUT2D eigenvalue weighted by atomic mass is 16.5. The highest BCUT2D eigenvalue weighted by molar-refractivity contribution is 5.96. The van der Waals surface area contributed by atoms with E-state index in [9.17, 15) is 14.7 Å². The van der Waals surface area contributed by atoms with E-state index in [1.165, 1.54) is 6.20 Å². The molecule has 4 aromatic rings. The van der Waals surface area contributed by atoms with Crippen LogP contribution >= 0.6 is 0 Å². The van der Waals surface area contributed by atoms with Crippen molar-refractivity contribution in [2.75, 3.05) is 6.61 Å². The van der Waals surface area contributed by atoms with E-state index >= 15 is 0 Å². The molecular formula is C25H25N5O4. The van der Waals surface area contributed by atoms with Crippen LogP contribution < -0.4 is 5.32 Å². The van der Waals surface area contributed by atoms with Gasteiger partial charge in [0.15, 0.2) is 6.10 Å². The molecule has 0 saturated carbocycles. The number of pyridine rings is 1. The van der Waals surface area contributed by atoms with E-state index in [2.05, 4.69) is 25.7 Å². The second kappa shape index (κ2) is 10.7. The van der Waals surface area contributed by atoms with Crippen LogP contribution in [0.2, 0.25) is 0 Å². The Morgan fingerprint density at radius 3 is 2.56 bits per heavy atom. The first-order chi connectivity index (χ1) is 16.5. The van der Waals surface area contributed by atoms with Gasteiger partial charge in [-0.05, 0) is 36.1 Å². The topological polar surface area (TPSA) is 130 Å². The standard InChI is InChI=1S/C25H25N5O4/c1-2-34-25(33)22(31)14-20(27-24(32)19-13-21-23(26-15-19)29-30-28-21)12-16-8-10-18(11-9-16)17-6-4-3-5-7-17/h3-11,13,15,20,22,31H,2,12,14H2,1H3,(H,27,32)(H,26,28,29,30). The first-order valence-corrected chi connectivity index (χ1v) is 11.0. The van der Waals surface area contributed by atoms with E-state index < -0.39 is 18.1 Å². The van der Waals surface area contributed by atoms with Gasteiger partial charge in [-0.3, -0.25) is 9.89 Å². The van der Waals surface area contributed by atoms with E-state index in [-0.39, 0.29) is 18.9 Å². The van der Waals surface area contributed by atoms with Crippen LogP contribution in [-0.4, -0.2) is 56.1 Å². The average molecular weight is 460 g/mol. The number of carbonyl (C=O) groups excluding carboxylic acids is 2. The zero-order chi connectivity index (χ0) is 23.9. The Morgan fingerprint density at radius 1 is 1.09 bits per heavy atom. The fraction of sp³-hybridized carbons (Fsp3) is 0.240. The lowest BCUT2D eigenvalue weighted by Gasteiger charge is -2.21. The van der Waals surface area contributed by atoms with Gasteiger partial charge in [-0.15, -0.1) is 5.10 Å². The summed E-state index contributed by atoms with van der Waals surface area (Å²) in [6.45, 7) is 1.84. The van der Waals surface area contributed by atoms with Crippen LogP contribution in [0.3, 0.4) is 0 Å². The Hall–Kier alpha value is -4.11. The van der Waals surface area contributed by atoms with Crippen molar-refractivity contribution in [2.45, 2.75) is 31.9 Å². The second-order valence-corrected chi connectivity index (χ2v) is 7.85. The van der Waals surface area contributed by atoms with Crippen LogP contribution in [-0.2, 0) is 16.0 Å². The van der Waals surface area contributed by atoms with Crippen LogP contribution in [0.4, 0.5) is 0 Å². The number of nitrogens with zero attached hydrogens (tertiary/aromatic N) is 3. The molecule has 3 N–H and O–H groups in total. The van der Waals surface area contributed by atoms with Crippen molar-refractivity contribution in [3.63, 3.8) is 0 Å². The number of aromatic nitrogens is 4. The number of esters is 1. The minimum atomic E-state index is -1.36. The molecule has 4 rings (SSSR count). The lowest BCUT2D eigenvalue weighted by atomic mass is 9.97. The molecule has 2 unspecified atom stereocenters. The highest BCUT2D eigenvalue weighted by Gasteiger charge is 2.24. The number of fused-ring (bicyclic) bond motifs is 1. The number of rotatable bonds is 9. The van der Waals surface area contributed by atoms with E-state index in [1.54, 1.807) is 13.0 Å². The van der Waals surface area contributed by atoms with E-state index in [0.29, 0.717) is 23.1 Å². The van der Waals surface area contributed by atoms with Crippen molar-refractivity contribution in [1.29, 1.82) is 0 Å². The fourth-order valence-electron chi connectivity index (χ4n) is 3.68. The summed E-state index contributed by atoms with van der Waals surface area (Å²) < 4.78 is 4.92. The largest absolute Gasteiger partial charge is 0.464 e. The third-order valence-electron chi connectivity index (χ3n) is 5.39. The van der Waals surface area contributed by atoms with Crippen LogP contribution in [0, 0.1) is 0 Å². The summed E-state index contributed by atoms with van der Waals surface area (Å²) in [5.74, 6) is -1.10. The van der Waals surface area contributed by atoms with Gasteiger partial charge in [0.1, 0.15) is 5.52 Å². The molecule has 2 aromatic heterocycles. The maximum atomic E-state index is 12.9. The first kappa shape index (κ1) is 23.1. The number of hydrogen-bond donors (Lipinski definition) is 3. The van der Waals surface area contributed by atoms with Gasteiger partial charge in [-0.25, -0.2) is 9.78 Å². The molecule has 0 fully saturated rings. The number of aliphatic hydroxyl groups is 1. The molecule has 0 aliphatic heterocycles. The van der Waals surface area contributed by atoms with Gasteiger partial charge < -0.3 is 15.2 Å². The summed E-state index contributed by atoms with van der Waals surface area (Å²) in [5, 5.41) is 23.4. The van der Waals surface area contributed by atoms with Crippen LogP contribution in [0.25, 0.3) is 22.3 Å². The molecular weight excluding hydrogens is 434 g/mol. The predicted octanol–water partition coefficient (Wildman–Crippen LogP) is 2.68. The summed E-state index contributed by atoms with van der Waals surface area (Å²) in [7, 11) is 0. The molecule has 0 spiro atoms. The molecule has 0 aliphatic carbocycles. The van der Waals surface area contributed by atoms with Gasteiger partial charge in [-0.1, -0.05) is 59.8 Å². The van der Waals surface area contributed by atoms with E-state index in [0.717, 1.165) is 16.7 Å². The van der Waals surface area contributed by atoms with Gasteiger partial charge in [0.25, 0.3) is 5.91 Å². The third-order valence-corrected chi connectivity index (χ3v) is 5.39. The van der Waals surface area contributed by atoms with Crippen molar-refractivity contribution in [3.05, 3.63) is 78.0 Å². The minimum Gasteiger partial charge on any atom is -0.464 e. The molecule has 9 nitrogen and oxygen atoms in total. The number of benzene rings is 2. The average Bonchev–Trinajstić information content (AvgIpc) is 3.33. The molecule has 0 saturated heterocycles. The number of carbonyl (C=O) groups is 2. The van der Waals surface area contributed by atoms with Gasteiger partial charge in [0.2, 0.25) is 5.65 Å². The normalized spacial score (nSPS) is 12.8. The number of hydrogen-bond acceptors (Lipinski definition) is 7. The molecule has 0 aliphatic rings. The van der Waals surface area contributed by atoms with E-state index in [4.69, 9.17) is 4.74 Å². The predicted molar refractivity (Wildman–Crippen MR) is 126 cm³/mol. The van der Waals surface area contributed by atoms with Crippen LogP contribution in [0.15, 0.2) is 66.9 Å². The molecule has 1 amide bonds. The number of amides is 1. The van der Waals surface area contributed by atoms with Gasteiger partial charge in [0.05, 0.1) is 12.2 Å². The van der Waals surface area contributed by atoms with E-state index in [1.807, 2.05) is 54.6 Å². The quantitative estimate of drug-likeness (QED) is 0.328. The zero-order valence-corrected chi connectivity index (χ0v) is 18.6. The second-order valence-electron chi connectivity index (χ2n) is 7.85. The van der Waals surface area contributed by atoms with Gasteiger partial charge in [0, 0.05) is 18.7 Å². The van der Waals surface area contributed by atoms with Crippen LogP contribution in [0.1, 0.15) is 29.3 Å². The summed E-state index contributed by atoms with van der Waals surface area (Å²) >= 11 is 0. The van der Waals surface area contributed by atoms with Gasteiger partial charge >= 0.3 is 5.97 Å². The monoisotopic (exact) mass is 459 g/mol. The SMILES string of the molecule is CCOC(=O)C(O)CC(Cc1ccc(-c2ccccc2)cc1)NC(=O)c1cnc2nn[nH]c2c1. The summed E-state index contributed by atoms with van der Waals surface area (Å²) in [5.41, 5.74) is 4.38.